The molecule has 27 nitrogen and oxygen atoms in total. The van der Waals surface area contributed by atoms with Gasteiger partial charge in [0.25, 0.3) is 5.56 Å². The second-order valence-corrected chi connectivity index (χ2v) is 29.6. The van der Waals surface area contributed by atoms with Crippen LogP contribution in [0.4, 0.5) is 22.2 Å². The average Bonchev–Trinajstić information content (AvgIpc) is 1.98. The molecular formula is C53H61Cl6I3N20O7Si. The number of nitrogens with two attached hydrogens (primary N) is 1. The van der Waals surface area contributed by atoms with Crippen molar-refractivity contribution in [1.29, 1.82) is 0 Å². The molecule has 0 saturated heterocycles. The van der Waals surface area contributed by atoms with Crippen LogP contribution >= 0.6 is 137 Å². The van der Waals surface area contributed by atoms with Gasteiger partial charge in [0.05, 0.1) is 60.6 Å². The zero-order valence-corrected chi connectivity index (χ0v) is 62.1. The lowest BCUT2D eigenvalue weighted by Gasteiger charge is -2.24. The van der Waals surface area contributed by atoms with E-state index in [2.05, 4.69) is 164 Å². The van der Waals surface area contributed by atoms with Crippen LogP contribution in [0.1, 0.15) is 54.9 Å². The fourth-order valence-corrected chi connectivity index (χ4v) is 8.69. The lowest BCUT2D eigenvalue weighted by molar-refractivity contribution is -0.145. The number of hydrogen-bond acceptors (Lipinski definition) is 19. The molecule has 0 unspecified atom stereocenters. The Bertz CT molecular complexity index is 4240. The monoisotopic (exact) mass is 1710 g/mol. The van der Waals surface area contributed by atoms with E-state index in [0.29, 0.717) is 71.7 Å². The number of rotatable bonds is 5. The highest BCUT2D eigenvalue weighted by atomic mass is 127. The number of fused-ring (bicyclic) bond motifs is 5. The molecule has 90 heavy (non-hydrogen) atoms. The molecule has 0 saturated carbocycles. The minimum absolute atomic E-state index is 0.103. The van der Waals surface area contributed by atoms with E-state index in [1.807, 2.05) is 41.7 Å². The molecule has 0 aliphatic carbocycles. The molecule has 11 heterocycles. The number of carbonyl (C=O) groups excluding carboxylic acids is 3. The lowest BCUT2D eigenvalue weighted by atomic mass is 10.2. The zero-order valence-electron chi connectivity index (χ0n) is 50.1. The molecule has 11 rings (SSSR count). The Kier molecular flexibility index (Phi) is 32.2. The van der Waals surface area contributed by atoms with Crippen molar-refractivity contribution < 1.29 is 29.0 Å². The molecule has 482 valence electrons. The van der Waals surface area contributed by atoms with Gasteiger partial charge in [0.2, 0.25) is 5.88 Å². The Balaban J connectivity index is 0.000000274. The second kappa shape index (κ2) is 37.2. The van der Waals surface area contributed by atoms with Crippen LogP contribution in [0.15, 0.2) is 90.5 Å². The molecule has 0 fully saturated rings. The van der Waals surface area contributed by atoms with Crippen molar-refractivity contribution in [1.82, 2.24) is 83.2 Å². The third-order valence-corrected chi connectivity index (χ3v) is 14.2. The molecule has 11 aromatic heterocycles. The number of ketones is 1. The number of ether oxygens (including phenoxy) is 2. The Hall–Kier alpha value is -6.37. The van der Waals surface area contributed by atoms with Gasteiger partial charge < -0.3 is 30.6 Å². The molecule has 6 N–H and O–H groups in total. The first kappa shape index (κ1) is 77.9. The van der Waals surface area contributed by atoms with Gasteiger partial charge in [-0.3, -0.25) is 24.4 Å². The summed E-state index contributed by atoms with van der Waals surface area (Å²) in [4.78, 5) is 63.8. The Morgan fingerprint density at radius 1 is 0.744 bits per heavy atom. The number of anilines is 3. The van der Waals surface area contributed by atoms with Crippen LogP contribution in [0.25, 0.3) is 28.2 Å². The van der Waals surface area contributed by atoms with Gasteiger partial charge in [-0.2, -0.15) is 44.1 Å². The average molecular weight is 1710 g/mol. The fourth-order valence-electron chi connectivity index (χ4n) is 5.96. The fraction of sp³-hybridized carbons (Fsp3) is 0.283. The quantitative estimate of drug-likeness (QED) is 0.0267. The molecule has 11 aromatic rings. The smallest absolute Gasteiger partial charge is 0.415 e. The van der Waals surface area contributed by atoms with E-state index >= 15 is 0 Å². The maximum absolute atomic E-state index is 12.1. The van der Waals surface area contributed by atoms with Crippen molar-refractivity contribution in [2.24, 2.45) is 0 Å². The number of terminal acetylenes is 1. The van der Waals surface area contributed by atoms with Crippen molar-refractivity contribution in [2.75, 3.05) is 36.7 Å². The lowest BCUT2D eigenvalue weighted by Crippen LogP contribution is -2.35. The summed E-state index contributed by atoms with van der Waals surface area (Å²) in [6, 6.07) is 12.5. The van der Waals surface area contributed by atoms with Gasteiger partial charge in [-0.15, -0.1) is 12.0 Å². The summed E-state index contributed by atoms with van der Waals surface area (Å²) >= 11 is 41.2. The van der Waals surface area contributed by atoms with Crippen molar-refractivity contribution >= 4 is 209 Å². The molecule has 0 radical (unpaired) electrons. The van der Waals surface area contributed by atoms with Gasteiger partial charge in [0.1, 0.15) is 79.9 Å². The van der Waals surface area contributed by atoms with E-state index in [9.17, 15) is 19.2 Å². The number of halogens is 9. The van der Waals surface area contributed by atoms with Crippen LogP contribution in [-0.2, 0) is 19.1 Å². The third kappa shape index (κ3) is 25.4. The number of H-pyrrole nitrogens is 2. The van der Waals surface area contributed by atoms with Gasteiger partial charge >= 0.3 is 12.1 Å². The molecule has 0 spiro atoms. The number of hydrogen-bond donors (Lipinski definition) is 5. The molecule has 0 aliphatic heterocycles. The summed E-state index contributed by atoms with van der Waals surface area (Å²) in [5.74, 6) is 1.18. The first-order chi connectivity index (χ1) is 42.2. The van der Waals surface area contributed by atoms with E-state index < -0.39 is 25.7 Å². The highest BCUT2D eigenvalue weighted by molar-refractivity contribution is 14.1. The Labute approximate surface area is 587 Å². The number of nitrogen functional groups attached to an aromatic ring is 1. The van der Waals surface area contributed by atoms with E-state index in [1.54, 1.807) is 96.5 Å². The van der Waals surface area contributed by atoms with Gasteiger partial charge in [-0.05, 0) is 108 Å². The minimum Gasteiger partial charge on any atom is -0.493 e. The number of carbonyl (C=O) groups is 3. The number of nitrogens with one attached hydrogen (secondary N) is 3. The van der Waals surface area contributed by atoms with Crippen molar-refractivity contribution in [3.05, 3.63) is 138 Å². The van der Waals surface area contributed by atoms with Crippen LogP contribution in [0.3, 0.4) is 0 Å². The van der Waals surface area contributed by atoms with Crippen LogP contribution in [0.2, 0.25) is 50.6 Å². The van der Waals surface area contributed by atoms with Crippen molar-refractivity contribution in [2.45, 2.75) is 80.1 Å². The van der Waals surface area contributed by atoms with Gasteiger partial charge in [-0.1, -0.05) is 103 Å². The summed E-state index contributed by atoms with van der Waals surface area (Å²) in [7, 11) is 2.32. The predicted molar refractivity (Wildman–Crippen MR) is 380 cm³/mol. The number of aromatic hydroxyl groups is 1. The van der Waals surface area contributed by atoms with Crippen LogP contribution in [-0.4, -0.2) is 141 Å². The maximum atomic E-state index is 12.1. The standard InChI is InChI=1S/C12H14ClIN4O2.C7H6ClIN4.C6H2Cl2IN3.C6H3Cl2N3.C6H5N3O2.C6H10O3.C5H10Si.C3H5N3.C2H6/c1-12(2,3)20-11(19)17(4)9-5-8(13)16-10-7(14)6-15-18(9)10;1-10-6-2-5(8)12-7-4(9)3-11-13(6)7;7-4-1-5(8)12-6(11-4)3(9)2-10-12;7-4-3-5(8)11-6(10-4)1-2-9-11;10-5-3-6(11)9-4(8-5)1-2-7-9;1-3-9-6(8)4-5(2)7;1-5-6(2,3)4;4-3-1-2-5-6-3;1-2/h5-6H,1-4H3;2-3,10H,1H3;1-2H;1-3H;1-3,11H,(H,8,10);3-4H2,1-2H3;1H,2-4H3;1-2H,(H3,4,5,6);1-2H3. The third-order valence-electron chi connectivity index (χ3n) is 9.71. The topological polar surface area (TPSA) is 331 Å². The maximum Gasteiger partial charge on any atom is 0.415 e. The highest BCUT2D eigenvalue weighted by Crippen LogP contribution is 2.25. The summed E-state index contributed by atoms with van der Waals surface area (Å²) in [6.45, 7) is 19.3. The van der Waals surface area contributed by atoms with Crippen LogP contribution in [0.5, 0.6) is 5.88 Å². The first-order valence-corrected chi connectivity index (χ1v) is 34.9. The molecule has 37 heteroatoms. The van der Waals surface area contributed by atoms with Gasteiger partial charge in [0.15, 0.2) is 22.6 Å². The molecule has 0 aromatic carbocycles. The molecule has 1 amide bonds. The number of aromatic amines is 2. The normalized spacial score (nSPS) is 10.4. The summed E-state index contributed by atoms with van der Waals surface area (Å²) < 4.78 is 20.1. The molecule has 0 bridgehead atoms. The largest absolute Gasteiger partial charge is 0.493 e. The van der Waals surface area contributed by atoms with Gasteiger partial charge in [0, 0.05) is 50.5 Å². The van der Waals surface area contributed by atoms with Crippen LogP contribution in [0, 0.1) is 22.7 Å². The number of Topliss-reactive ketones (excluding diaryl/α,β-unsaturated/α-hetero) is 1. The minimum atomic E-state index is -1.10. The predicted octanol–water partition coefficient (Wildman–Crippen LogP) is 12.8. The molecular weight excluding hydrogens is 1650 g/mol. The van der Waals surface area contributed by atoms with Crippen LogP contribution < -0.4 is 21.5 Å². The van der Waals surface area contributed by atoms with E-state index in [0.717, 1.165) is 28.2 Å². The number of nitrogens with zero attached hydrogens (tertiary/aromatic N) is 16. The zero-order chi connectivity index (χ0) is 67.8. The first-order valence-electron chi connectivity index (χ1n) is 25.9. The molecule has 0 atom stereocenters. The Morgan fingerprint density at radius 2 is 1.23 bits per heavy atom. The van der Waals surface area contributed by atoms with Gasteiger partial charge in [-0.25, -0.2) is 33.8 Å². The highest BCUT2D eigenvalue weighted by Gasteiger charge is 2.24. The van der Waals surface area contributed by atoms with E-state index in [-0.39, 0.29) is 23.6 Å². The van der Waals surface area contributed by atoms with Crippen molar-refractivity contribution in [3.63, 3.8) is 0 Å². The molecule has 0 aliphatic rings. The summed E-state index contributed by atoms with van der Waals surface area (Å²) in [5.41, 5.74) is 10.2. The van der Waals surface area contributed by atoms with E-state index in [4.69, 9.17) is 91.6 Å². The number of amides is 1. The van der Waals surface area contributed by atoms with Crippen molar-refractivity contribution in [3.8, 4) is 17.8 Å². The second-order valence-electron chi connectivity index (χ2n) is 19.0. The Morgan fingerprint density at radius 3 is 1.73 bits per heavy atom. The summed E-state index contributed by atoms with van der Waals surface area (Å²) in [6.07, 6.45) is 14.3. The summed E-state index contributed by atoms with van der Waals surface area (Å²) in [5, 5.41) is 40.7. The SMILES string of the molecule is C#C[Si](C)(C)C.CC.CCOC(=O)CC(C)=O.CN(C(=O)OC(C)(C)C)c1cc(Cl)nc2c(I)cnn12.CNc1cc(Cl)nc2c(I)cnn12.Clc1cc(Cl)n2ncc(I)c2n1.Clc1cc(Cl)n2nccc2n1.Nc1ccn[nH]1.O=c1cc(O)n2nccc2[nH]1. The number of esters is 1. The van der Waals surface area contributed by atoms with E-state index in [1.165, 1.54) is 31.6 Å². The number of aromatic nitrogens is 17.